The Labute approximate surface area is 105 Å². The second-order valence-corrected chi connectivity index (χ2v) is 6.26. The summed E-state index contributed by atoms with van der Waals surface area (Å²) in [5.41, 5.74) is 10.7. The average Bonchev–Trinajstić information content (AvgIpc) is 2.19. The number of benzene rings is 1. The van der Waals surface area contributed by atoms with Gasteiger partial charge in [0, 0.05) is 5.54 Å². The normalized spacial score (nSPS) is 33.7. The number of nitrogens with two attached hydrogens (primary N) is 1. The third-order valence-electron chi connectivity index (χ3n) is 4.37. The van der Waals surface area contributed by atoms with Crippen LogP contribution in [0, 0.1) is 25.7 Å². The topological polar surface area (TPSA) is 26.0 Å². The molecule has 1 aromatic carbocycles. The van der Waals surface area contributed by atoms with Gasteiger partial charge in [-0.05, 0) is 61.6 Å². The van der Waals surface area contributed by atoms with Gasteiger partial charge in [0.25, 0.3) is 0 Å². The summed E-state index contributed by atoms with van der Waals surface area (Å²) in [7, 11) is 0. The minimum absolute atomic E-state index is 0.104. The van der Waals surface area contributed by atoms with Gasteiger partial charge in [0.15, 0.2) is 0 Å². The van der Waals surface area contributed by atoms with E-state index < -0.39 is 0 Å². The summed E-state index contributed by atoms with van der Waals surface area (Å²) in [6.45, 7) is 9.06. The van der Waals surface area contributed by atoms with Gasteiger partial charge < -0.3 is 5.73 Å². The van der Waals surface area contributed by atoms with Crippen LogP contribution in [0.4, 0.5) is 0 Å². The Morgan fingerprint density at radius 3 is 2.29 bits per heavy atom. The van der Waals surface area contributed by atoms with E-state index in [0.29, 0.717) is 0 Å². The zero-order chi connectivity index (χ0) is 12.6. The van der Waals surface area contributed by atoms with Gasteiger partial charge in [-0.1, -0.05) is 32.0 Å². The molecule has 0 aromatic heterocycles. The molecule has 1 nitrogen and oxygen atoms in total. The molecule has 0 radical (unpaired) electrons. The first-order chi connectivity index (χ1) is 7.92. The van der Waals surface area contributed by atoms with Crippen LogP contribution in [-0.4, -0.2) is 0 Å². The zero-order valence-corrected chi connectivity index (χ0v) is 11.6. The van der Waals surface area contributed by atoms with E-state index in [9.17, 15) is 0 Å². The van der Waals surface area contributed by atoms with Crippen LogP contribution in [0.15, 0.2) is 18.2 Å². The van der Waals surface area contributed by atoms with E-state index in [1.54, 1.807) is 0 Å². The first-order valence-corrected chi connectivity index (χ1v) is 6.78. The zero-order valence-electron chi connectivity index (χ0n) is 11.6. The maximum Gasteiger partial charge on any atom is 0.0417 e. The van der Waals surface area contributed by atoms with Crippen LogP contribution in [0.2, 0.25) is 0 Å². The molecule has 0 amide bonds. The molecule has 2 N–H and O–H groups in total. The molecule has 94 valence electrons. The summed E-state index contributed by atoms with van der Waals surface area (Å²) in [4.78, 5) is 0. The third kappa shape index (κ3) is 2.40. The second kappa shape index (κ2) is 4.45. The molecular formula is C16H25N. The van der Waals surface area contributed by atoms with Crippen LogP contribution in [0.1, 0.15) is 49.8 Å². The maximum absolute atomic E-state index is 6.73. The Morgan fingerprint density at radius 1 is 1.12 bits per heavy atom. The molecule has 17 heavy (non-hydrogen) atoms. The molecule has 0 spiro atoms. The van der Waals surface area contributed by atoms with Crippen molar-refractivity contribution in [3.63, 3.8) is 0 Å². The molecule has 2 atom stereocenters. The van der Waals surface area contributed by atoms with Crippen molar-refractivity contribution in [1.29, 1.82) is 0 Å². The van der Waals surface area contributed by atoms with Crippen LogP contribution >= 0.6 is 0 Å². The fourth-order valence-corrected chi connectivity index (χ4v) is 3.69. The lowest BCUT2D eigenvalue weighted by Gasteiger charge is -2.41. The van der Waals surface area contributed by atoms with E-state index >= 15 is 0 Å². The molecule has 0 saturated heterocycles. The van der Waals surface area contributed by atoms with Crippen LogP contribution < -0.4 is 5.73 Å². The average molecular weight is 231 g/mol. The number of rotatable bonds is 1. The fourth-order valence-electron chi connectivity index (χ4n) is 3.69. The van der Waals surface area contributed by atoms with Crippen molar-refractivity contribution in [2.75, 3.05) is 0 Å². The first kappa shape index (κ1) is 12.6. The summed E-state index contributed by atoms with van der Waals surface area (Å²) in [6, 6.07) is 6.56. The SMILES string of the molecule is Cc1cccc(C2(N)CC(C)CC(C)C2)c1C. The lowest BCUT2D eigenvalue weighted by atomic mass is 9.68. The van der Waals surface area contributed by atoms with Gasteiger partial charge in [-0.2, -0.15) is 0 Å². The highest BCUT2D eigenvalue weighted by molar-refractivity contribution is 5.38. The van der Waals surface area contributed by atoms with Crippen molar-refractivity contribution in [2.45, 2.75) is 52.5 Å². The van der Waals surface area contributed by atoms with Crippen LogP contribution in [0.5, 0.6) is 0 Å². The Morgan fingerprint density at radius 2 is 1.71 bits per heavy atom. The van der Waals surface area contributed by atoms with Crippen molar-refractivity contribution >= 4 is 0 Å². The predicted octanol–water partition coefficient (Wildman–Crippen LogP) is 3.91. The molecule has 1 aliphatic rings. The largest absolute Gasteiger partial charge is 0.321 e. The number of hydrogen-bond acceptors (Lipinski definition) is 1. The summed E-state index contributed by atoms with van der Waals surface area (Å²) < 4.78 is 0. The molecule has 1 saturated carbocycles. The molecule has 2 rings (SSSR count). The summed E-state index contributed by atoms with van der Waals surface area (Å²) in [5, 5.41) is 0. The Hall–Kier alpha value is -0.820. The lowest BCUT2D eigenvalue weighted by molar-refractivity contribution is 0.183. The van der Waals surface area contributed by atoms with Crippen LogP contribution in [0.25, 0.3) is 0 Å². The molecule has 0 aliphatic heterocycles. The highest BCUT2D eigenvalue weighted by Crippen LogP contribution is 2.42. The minimum atomic E-state index is -0.104. The van der Waals surface area contributed by atoms with E-state index in [0.717, 1.165) is 24.7 Å². The van der Waals surface area contributed by atoms with Gasteiger partial charge in [0.1, 0.15) is 0 Å². The Bertz CT molecular complexity index is 398. The minimum Gasteiger partial charge on any atom is -0.321 e. The molecule has 0 heterocycles. The molecule has 2 unspecified atom stereocenters. The highest BCUT2D eigenvalue weighted by Gasteiger charge is 2.36. The van der Waals surface area contributed by atoms with Crippen molar-refractivity contribution in [3.05, 3.63) is 34.9 Å². The summed E-state index contributed by atoms with van der Waals surface area (Å²) in [6.07, 6.45) is 3.58. The van der Waals surface area contributed by atoms with Crippen molar-refractivity contribution in [3.8, 4) is 0 Å². The van der Waals surface area contributed by atoms with E-state index in [1.807, 2.05) is 0 Å². The van der Waals surface area contributed by atoms with Gasteiger partial charge in [0.05, 0.1) is 0 Å². The van der Waals surface area contributed by atoms with E-state index in [2.05, 4.69) is 45.9 Å². The van der Waals surface area contributed by atoms with Crippen LogP contribution in [-0.2, 0) is 5.54 Å². The van der Waals surface area contributed by atoms with Crippen LogP contribution in [0.3, 0.4) is 0 Å². The van der Waals surface area contributed by atoms with Crippen molar-refractivity contribution in [1.82, 2.24) is 0 Å². The molecular weight excluding hydrogens is 206 g/mol. The smallest absolute Gasteiger partial charge is 0.0417 e. The highest BCUT2D eigenvalue weighted by atomic mass is 14.8. The standard InChI is InChI=1S/C16H25N/c1-11-8-12(2)10-16(17,9-11)15-7-5-6-13(3)14(15)4/h5-7,11-12H,8-10,17H2,1-4H3. The van der Waals surface area contributed by atoms with E-state index in [4.69, 9.17) is 5.73 Å². The molecule has 1 aromatic rings. The van der Waals surface area contributed by atoms with E-state index in [-0.39, 0.29) is 5.54 Å². The van der Waals surface area contributed by atoms with Gasteiger partial charge in [-0.15, -0.1) is 0 Å². The third-order valence-corrected chi connectivity index (χ3v) is 4.37. The second-order valence-electron chi connectivity index (χ2n) is 6.26. The quantitative estimate of drug-likeness (QED) is 0.779. The van der Waals surface area contributed by atoms with Crippen molar-refractivity contribution in [2.24, 2.45) is 17.6 Å². The fraction of sp³-hybridized carbons (Fsp3) is 0.625. The maximum atomic E-state index is 6.73. The van der Waals surface area contributed by atoms with Gasteiger partial charge in [-0.3, -0.25) is 0 Å². The van der Waals surface area contributed by atoms with Gasteiger partial charge in [-0.25, -0.2) is 0 Å². The summed E-state index contributed by atoms with van der Waals surface area (Å²) >= 11 is 0. The molecule has 1 aliphatic carbocycles. The van der Waals surface area contributed by atoms with E-state index in [1.165, 1.54) is 23.1 Å². The number of hydrogen-bond donors (Lipinski definition) is 1. The van der Waals surface area contributed by atoms with Gasteiger partial charge >= 0.3 is 0 Å². The lowest BCUT2D eigenvalue weighted by Crippen LogP contribution is -2.44. The Balaban J connectivity index is 2.40. The summed E-state index contributed by atoms with van der Waals surface area (Å²) in [5.74, 6) is 1.48. The number of aryl methyl sites for hydroxylation is 1. The molecule has 1 fully saturated rings. The molecule has 1 heteroatoms. The first-order valence-electron chi connectivity index (χ1n) is 6.78. The van der Waals surface area contributed by atoms with Gasteiger partial charge in [0.2, 0.25) is 0 Å². The molecule has 0 bridgehead atoms. The Kier molecular flexibility index (Phi) is 3.31. The van der Waals surface area contributed by atoms with Crippen molar-refractivity contribution < 1.29 is 0 Å². The predicted molar refractivity (Wildman–Crippen MR) is 74.0 cm³/mol. The monoisotopic (exact) mass is 231 g/mol.